The van der Waals surface area contributed by atoms with Gasteiger partial charge >= 0.3 is 0 Å². The highest BCUT2D eigenvalue weighted by Crippen LogP contribution is 2.21. The third kappa shape index (κ3) is 5.05. The van der Waals surface area contributed by atoms with Crippen molar-refractivity contribution in [2.24, 2.45) is 22.7 Å². The van der Waals surface area contributed by atoms with E-state index in [1.54, 1.807) is 0 Å². The Hall–Kier alpha value is -1.55. The molecule has 0 unspecified atom stereocenters. The minimum Gasteiger partial charge on any atom is -0.342 e. The molecule has 1 heterocycles. The molecule has 4 nitrogen and oxygen atoms in total. The monoisotopic (exact) mass is 288 g/mol. The fourth-order valence-electron chi connectivity index (χ4n) is 2.80. The molecule has 0 saturated carbocycles. The Morgan fingerprint density at radius 3 is 2.52 bits per heavy atom. The lowest BCUT2D eigenvalue weighted by Crippen LogP contribution is -2.48. The summed E-state index contributed by atoms with van der Waals surface area (Å²) in [4.78, 5) is 6.86. The van der Waals surface area contributed by atoms with Crippen LogP contribution < -0.4 is 11.3 Å². The predicted molar refractivity (Wildman–Crippen MR) is 88.9 cm³/mol. The van der Waals surface area contributed by atoms with E-state index in [0.29, 0.717) is 5.92 Å². The van der Waals surface area contributed by atoms with Gasteiger partial charge in [0.25, 0.3) is 0 Å². The summed E-state index contributed by atoms with van der Waals surface area (Å²) in [5.41, 5.74) is 4.21. The van der Waals surface area contributed by atoms with Crippen LogP contribution in [0.4, 0.5) is 0 Å². The van der Waals surface area contributed by atoms with Gasteiger partial charge in [-0.05, 0) is 36.7 Å². The number of aliphatic imine (C=N–C) groups is 1. The quantitative estimate of drug-likeness (QED) is 0.387. The number of piperidine rings is 1. The molecule has 1 aromatic rings. The Morgan fingerprint density at radius 2 is 1.95 bits per heavy atom. The van der Waals surface area contributed by atoms with E-state index in [1.807, 2.05) is 0 Å². The van der Waals surface area contributed by atoms with Gasteiger partial charge in [-0.1, -0.05) is 44.2 Å². The second kappa shape index (κ2) is 8.03. The first-order chi connectivity index (χ1) is 10.2. The van der Waals surface area contributed by atoms with Gasteiger partial charge in [0.15, 0.2) is 0 Å². The van der Waals surface area contributed by atoms with E-state index in [1.165, 1.54) is 24.8 Å². The van der Waals surface area contributed by atoms with E-state index in [-0.39, 0.29) is 0 Å². The Labute approximate surface area is 128 Å². The predicted octanol–water partition coefficient (Wildman–Crippen LogP) is 2.42. The number of hydrogen-bond donors (Lipinski definition) is 2. The van der Waals surface area contributed by atoms with Crippen molar-refractivity contribution in [2.75, 3.05) is 19.6 Å². The van der Waals surface area contributed by atoms with Gasteiger partial charge in [0.05, 0.1) is 0 Å². The molecule has 0 bridgehead atoms. The SMILES string of the molecule is CC(C)CN=C(NN)N1CCC(Cc2ccccc2)CC1. The Kier molecular flexibility index (Phi) is 6.05. The molecule has 0 radical (unpaired) electrons. The van der Waals surface area contributed by atoms with Crippen LogP contribution in [-0.4, -0.2) is 30.5 Å². The molecule has 3 N–H and O–H groups in total. The summed E-state index contributed by atoms with van der Waals surface area (Å²) in [6, 6.07) is 10.8. The van der Waals surface area contributed by atoms with Crippen molar-refractivity contribution in [3.63, 3.8) is 0 Å². The number of nitrogens with one attached hydrogen (secondary N) is 1. The van der Waals surface area contributed by atoms with Crippen LogP contribution in [0.25, 0.3) is 0 Å². The van der Waals surface area contributed by atoms with Crippen molar-refractivity contribution >= 4 is 5.96 Å². The lowest BCUT2D eigenvalue weighted by atomic mass is 9.90. The van der Waals surface area contributed by atoms with Crippen LogP contribution in [0.15, 0.2) is 35.3 Å². The average Bonchev–Trinajstić information content (AvgIpc) is 2.50. The fraction of sp³-hybridized carbons (Fsp3) is 0.588. The van der Waals surface area contributed by atoms with Crippen molar-refractivity contribution in [1.82, 2.24) is 10.3 Å². The molecule has 1 saturated heterocycles. The van der Waals surface area contributed by atoms with Gasteiger partial charge in [-0.3, -0.25) is 10.4 Å². The fourth-order valence-corrected chi connectivity index (χ4v) is 2.80. The highest BCUT2D eigenvalue weighted by Gasteiger charge is 2.21. The van der Waals surface area contributed by atoms with Crippen molar-refractivity contribution in [2.45, 2.75) is 33.1 Å². The molecule has 1 aliphatic heterocycles. The molecule has 116 valence electrons. The lowest BCUT2D eigenvalue weighted by Gasteiger charge is -2.33. The molecule has 0 aliphatic carbocycles. The van der Waals surface area contributed by atoms with Crippen LogP contribution in [-0.2, 0) is 6.42 Å². The smallest absolute Gasteiger partial charge is 0.208 e. The molecule has 21 heavy (non-hydrogen) atoms. The second-order valence-corrected chi connectivity index (χ2v) is 6.32. The Balaban J connectivity index is 1.83. The summed E-state index contributed by atoms with van der Waals surface area (Å²) >= 11 is 0. The van der Waals surface area contributed by atoms with Gasteiger partial charge in [-0.25, -0.2) is 5.84 Å². The maximum Gasteiger partial charge on any atom is 0.208 e. The highest BCUT2D eigenvalue weighted by atomic mass is 15.4. The van der Waals surface area contributed by atoms with Crippen LogP contribution in [0.3, 0.4) is 0 Å². The third-order valence-corrected chi connectivity index (χ3v) is 4.02. The highest BCUT2D eigenvalue weighted by molar-refractivity contribution is 5.79. The van der Waals surface area contributed by atoms with E-state index in [9.17, 15) is 0 Å². The number of hydrazine groups is 1. The maximum absolute atomic E-state index is 5.63. The molecule has 0 spiro atoms. The number of nitrogens with zero attached hydrogens (tertiary/aromatic N) is 2. The Morgan fingerprint density at radius 1 is 1.29 bits per heavy atom. The van der Waals surface area contributed by atoms with Gasteiger partial charge in [0.1, 0.15) is 0 Å². The van der Waals surface area contributed by atoms with Crippen molar-refractivity contribution in [1.29, 1.82) is 0 Å². The van der Waals surface area contributed by atoms with Crippen LogP contribution in [0.5, 0.6) is 0 Å². The normalized spacial score (nSPS) is 17.3. The van der Waals surface area contributed by atoms with Crippen molar-refractivity contribution < 1.29 is 0 Å². The number of rotatable bonds is 4. The minimum absolute atomic E-state index is 0.559. The lowest BCUT2D eigenvalue weighted by molar-refractivity contribution is 0.258. The molecule has 0 atom stereocenters. The molecular formula is C17H28N4. The van der Waals surface area contributed by atoms with Gasteiger partial charge in [0.2, 0.25) is 5.96 Å². The van der Waals surface area contributed by atoms with E-state index in [0.717, 1.165) is 31.5 Å². The number of guanidine groups is 1. The summed E-state index contributed by atoms with van der Waals surface area (Å²) < 4.78 is 0. The van der Waals surface area contributed by atoms with E-state index in [2.05, 4.69) is 59.5 Å². The Bertz CT molecular complexity index is 433. The van der Waals surface area contributed by atoms with Crippen LogP contribution in [0.1, 0.15) is 32.3 Å². The summed E-state index contributed by atoms with van der Waals surface area (Å²) in [6.07, 6.45) is 3.59. The van der Waals surface area contributed by atoms with Gasteiger partial charge in [-0.15, -0.1) is 0 Å². The number of likely N-dealkylation sites (tertiary alicyclic amines) is 1. The molecule has 2 rings (SSSR count). The first-order valence-corrected chi connectivity index (χ1v) is 7.99. The number of nitrogens with two attached hydrogens (primary N) is 1. The molecular weight excluding hydrogens is 260 g/mol. The van der Waals surface area contributed by atoms with Gasteiger partial charge in [-0.2, -0.15) is 0 Å². The summed E-state index contributed by atoms with van der Waals surface area (Å²) in [5.74, 6) is 7.80. The average molecular weight is 288 g/mol. The number of hydrogen-bond acceptors (Lipinski definition) is 2. The van der Waals surface area contributed by atoms with Gasteiger partial charge in [0, 0.05) is 19.6 Å². The molecule has 0 amide bonds. The summed E-state index contributed by atoms with van der Waals surface area (Å²) in [6.45, 7) is 7.24. The van der Waals surface area contributed by atoms with Crippen LogP contribution in [0.2, 0.25) is 0 Å². The first kappa shape index (κ1) is 15.8. The van der Waals surface area contributed by atoms with E-state index < -0.39 is 0 Å². The largest absolute Gasteiger partial charge is 0.342 e. The summed E-state index contributed by atoms with van der Waals surface area (Å²) in [5, 5.41) is 0. The zero-order valence-electron chi connectivity index (χ0n) is 13.3. The first-order valence-electron chi connectivity index (χ1n) is 7.99. The molecule has 0 aromatic heterocycles. The van der Waals surface area contributed by atoms with Crippen molar-refractivity contribution in [3.8, 4) is 0 Å². The molecule has 1 aromatic carbocycles. The van der Waals surface area contributed by atoms with Crippen LogP contribution in [0, 0.1) is 11.8 Å². The van der Waals surface area contributed by atoms with Crippen LogP contribution >= 0.6 is 0 Å². The molecule has 1 fully saturated rings. The van der Waals surface area contributed by atoms with Crippen molar-refractivity contribution in [3.05, 3.63) is 35.9 Å². The van der Waals surface area contributed by atoms with Gasteiger partial charge < -0.3 is 4.90 Å². The zero-order chi connectivity index (χ0) is 15.1. The molecule has 4 heteroatoms. The van der Waals surface area contributed by atoms with E-state index >= 15 is 0 Å². The summed E-state index contributed by atoms with van der Waals surface area (Å²) in [7, 11) is 0. The second-order valence-electron chi connectivity index (χ2n) is 6.32. The zero-order valence-corrected chi connectivity index (χ0v) is 13.3. The number of benzene rings is 1. The minimum atomic E-state index is 0.559. The van der Waals surface area contributed by atoms with E-state index in [4.69, 9.17) is 5.84 Å². The molecule has 1 aliphatic rings. The third-order valence-electron chi connectivity index (χ3n) is 4.02. The topological polar surface area (TPSA) is 53.6 Å². The standard InChI is InChI=1S/C17H28N4/c1-14(2)13-19-17(20-18)21-10-8-16(9-11-21)12-15-6-4-3-5-7-15/h3-7,14,16H,8-13,18H2,1-2H3,(H,19,20). The maximum atomic E-state index is 5.63.